The number of hydrogen-bond acceptors (Lipinski definition) is 6. The molecule has 9 heteroatoms. The molecule has 164 valence electrons. The summed E-state index contributed by atoms with van der Waals surface area (Å²) in [5.74, 6) is -0.852. The molecule has 0 saturated carbocycles. The number of anilines is 1. The van der Waals surface area contributed by atoms with Crippen LogP contribution in [0.4, 0.5) is 5.69 Å². The molecule has 0 unspecified atom stereocenters. The van der Waals surface area contributed by atoms with Crippen molar-refractivity contribution in [1.29, 1.82) is 0 Å². The maximum atomic E-state index is 10.7. The molecule has 0 aromatic heterocycles. The van der Waals surface area contributed by atoms with Gasteiger partial charge in [-0.1, -0.05) is 19.1 Å². The summed E-state index contributed by atoms with van der Waals surface area (Å²) in [7, 11) is 0. The van der Waals surface area contributed by atoms with Gasteiger partial charge >= 0.3 is 5.97 Å². The van der Waals surface area contributed by atoms with Crippen LogP contribution in [0.25, 0.3) is 0 Å². The molecule has 0 amide bonds. The van der Waals surface area contributed by atoms with Crippen LogP contribution >= 0.6 is 12.2 Å². The fourth-order valence-corrected chi connectivity index (χ4v) is 2.42. The first kappa shape index (κ1) is 25.3. The van der Waals surface area contributed by atoms with Gasteiger partial charge in [0.25, 0.3) is 0 Å². The van der Waals surface area contributed by atoms with Crippen LogP contribution in [-0.4, -0.2) is 75.6 Å². The fraction of sp³-hybridized carbons (Fsp3) is 0.600. The Morgan fingerprint density at radius 1 is 0.897 bits per heavy atom. The molecule has 0 radical (unpaired) electrons. The zero-order chi connectivity index (χ0) is 21.2. The summed E-state index contributed by atoms with van der Waals surface area (Å²) in [6.45, 7) is 7.25. The van der Waals surface area contributed by atoms with Gasteiger partial charge in [-0.2, -0.15) is 0 Å². The van der Waals surface area contributed by atoms with E-state index in [9.17, 15) is 4.79 Å². The second-order valence-electron chi connectivity index (χ2n) is 6.10. The predicted molar refractivity (Wildman–Crippen MR) is 116 cm³/mol. The Hall–Kier alpha value is -1.78. The van der Waals surface area contributed by atoms with Crippen LogP contribution in [0, 0.1) is 0 Å². The van der Waals surface area contributed by atoms with E-state index in [2.05, 4.69) is 17.6 Å². The SMILES string of the molecule is CCCOCCOCCOCCOCCNC(=S)Nc1ccc(CC(=O)O)cc1. The number of ether oxygens (including phenoxy) is 4. The molecule has 1 aromatic rings. The Morgan fingerprint density at radius 2 is 1.41 bits per heavy atom. The molecule has 29 heavy (non-hydrogen) atoms. The topological polar surface area (TPSA) is 98.3 Å². The number of carbonyl (C=O) groups is 1. The highest BCUT2D eigenvalue weighted by atomic mass is 32.1. The lowest BCUT2D eigenvalue weighted by Gasteiger charge is -2.11. The van der Waals surface area contributed by atoms with Crippen LogP contribution in [-0.2, 0) is 30.2 Å². The van der Waals surface area contributed by atoms with Crippen LogP contribution < -0.4 is 10.6 Å². The minimum atomic E-state index is -0.852. The van der Waals surface area contributed by atoms with E-state index >= 15 is 0 Å². The van der Waals surface area contributed by atoms with Crippen LogP contribution in [0.1, 0.15) is 18.9 Å². The summed E-state index contributed by atoms with van der Waals surface area (Å²) in [5, 5.41) is 15.3. The summed E-state index contributed by atoms with van der Waals surface area (Å²) in [4.78, 5) is 10.7. The molecule has 0 fully saturated rings. The van der Waals surface area contributed by atoms with Gasteiger partial charge in [0, 0.05) is 18.8 Å². The number of nitrogens with one attached hydrogen (secondary N) is 2. The van der Waals surface area contributed by atoms with Gasteiger partial charge in [-0.05, 0) is 36.3 Å². The number of hydrogen-bond donors (Lipinski definition) is 3. The molecule has 0 bridgehead atoms. The maximum absolute atomic E-state index is 10.7. The van der Waals surface area contributed by atoms with Crippen molar-refractivity contribution in [2.75, 3.05) is 64.7 Å². The summed E-state index contributed by atoms with van der Waals surface area (Å²) in [5.41, 5.74) is 1.54. The number of thiocarbonyl (C=S) groups is 1. The zero-order valence-electron chi connectivity index (χ0n) is 17.0. The molecular weight excluding hydrogens is 396 g/mol. The van der Waals surface area contributed by atoms with Gasteiger partial charge < -0.3 is 34.7 Å². The lowest BCUT2D eigenvalue weighted by molar-refractivity contribution is -0.136. The summed E-state index contributed by atoms with van der Waals surface area (Å²) in [6.07, 6.45) is 1.02. The van der Waals surface area contributed by atoms with E-state index in [1.165, 1.54) is 0 Å². The molecule has 8 nitrogen and oxygen atoms in total. The Labute approximate surface area is 177 Å². The molecule has 3 N–H and O–H groups in total. The molecule has 0 aliphatic carbocycles. The molecule has 0 aliphatic heterocycles. The minimum Gasteiger partial charge on any atom is -0.481 e. The van der Waals surface area contributed by atoms with Crippen molar-refractivity contribution >= 4 is 29.0 Å². The monoisotopic (exact) mass is 428 g/mol. The standard InChI is InChI=1S/C20H32N2O6S/c1-2-8-25-10-12-27-14-15-28-13-11-26-9-7-21-20(29)22-18-5-3-17(4-6-18)16-19(23)24/h3-6H,2,7-16H2,1H3,(H,23,24)(H2,21,22,29). The number of carboxylic acid groups (broad SMARTS) is 1. The molecule has 0 atom stereocenters. The van der Waals surface area contributed by atoms with Crippen molar-refractivity contribution in [3.63, 3.8) is 0 Å². The number of aliphatic carboxylic acids is 1. The second kappa shape index (κ2) is 17.1. The molecule has 0 heterocycles. The van der Waals surface area contributed by atoms with Gasteiger partial charge in [0.05, 0.1) is 52.7 Å². The van der Waals surface area contributed by atoms with E-state index in [0.29, 0.717) is 57.9 Å². The lowest BCUT2D eigenvalue weighted by Crippen LogP contribution is -2.31. The van der Waals surface area contributed by atoms with Crippen molar-refractivity contribution in [2.45, 2.75) is 19.8 Å². The van der Waals surface area contributed by atoms with Gasteiger partial charge in [-0.15, -0.1) is 0 Å². The predicted octanol–water partition coefficient (Wildman–Crippen LogP) is 2.08. The van der Waals surface area contributed by atoms with Crippen molar-refractivity contribution < 1.29 is 28.8 Å². The van der Waals surface area contributed by atoms with Gasteiger partial charge in [0.2, 0.25) is 0 Å². The minimum absolute atomic E-state index is 0.00502. The second-order valence-corrected chi connectivity index (χ2v) is 6.51. The molecule has 1 rings (SSSR count). The molecule has 0 spiro atoms. The first-order valence-corrected chi connectivity index (χ1v) is 10.2. The Bertz CT molecular complexity index is 571. The highest BCUT2D eigenvalue weighted by Gasteiger charge is 2.01. The third-order valence-electron chi connectivity index (χ3n) is 3.56. The van der Waals surface area contributed by atoms with Crippen molar-refractivity contribution in [2.24, 2.45) is 0 Å². The normalized spacial score (nSPS) is 10.7. The quantitative estimate of drug-likeness (QED) is 0.254. The van der Waals surface area contributed by atoms with E-state index in [0.717, 1.165) is 24.3 Å². The van der Waals surface area contributed by atoms with E-state index in [1.807, 2.05) is 0 Å². The van der Waals surface area contributed by atoms with Crippen LogP contribution in [0.2, 0.25) is 0 Å². The average Bonchev–Trinajstić information content (AvgIpc) is 2.69. The average molecular weight is 429 g/mol. The third-order valence-corrected chi connectivity index (χ3v) is 3.81. The van der Waals surface area contributed by atoms with Crippen LogP contribution in [0.3, 0.4) is 0 Å². The Morgan fingerprint density at radius 3 is 1.93 bits per heavy atom. The number of benzene rings is 1. The lowest BCUT2D eigenvalue weighted by atomic mass is 10.1. The van der Waals surface area contributed by atoms with Crippen LogP contribution in [0.5, 0.6) is 0 Å². The smallest absolute Gasteiger partial charge is 0.307 e. The zero-order valence-corrected chi connectivity index (χ0v) is 17.8. The van der Waals surface area contributed by atoms with E-state index < -0.39 is 5.97 Å². The molecular formula is C20H32N2O6S. The van der Waals surface area contributed by atoms with Crippen molar-refractivity contribution in [3.05, 3.63) is 29.8 Å². The summed E-state index contributed by atoms with van der Waals surface area (Å²) < 4.78 is 21.6. The largest absolute Gasteiger partial charge is 0.481 e. The highest BCUT2D eigenvalue weighted by Crippen LogP contribution is 2.10. The summed E-state index contributed by atoms with van der Waals surface area (Å²) >= 11 is 5.21. The number of rotatable bonds is 17. The van der Waals surface area contributed by atoms with Gasteiger partial charge in [-0.25, -0.2) is 0 Å². The fourth-order valence-electron chi connectivity index (χ4n) is 2.20. The number of carboxylic acids is 1. The Balaban J connectivity index is 1.92. The van der Waals surface area contributed by atoms with Crippen molar-refractivity contribution in [1.82, 2.24) is 5.32 Å². The van der Waals surface area contributed by atoms with E-state index in [-0.39, 0.29) is 6.42 Å². The van der Waals surface area contributed by atoms with Gasteiger partial charge in [0.1, 0.15) is 0 Å². The van der Waals surface area contributed by atoms with Crippen LogP contribution in [0.15, 0.2) is 24.3 Å². The molecule has 0 aliphatic rings. The van der Waals surface area contributed by atoms with E-state index in [1.54, 1.807) is 24.3 Å². The van der Waals surface area contributed by atoms with Gasteiger partial charge in [0.15, 0.2) is 5.11 Å². The third kappa shape index (κ3) is 14.8. The first-order chi connectivity index (χ1) is 14.1. The van der Waals surface area contributed by atoms with E-state index in [4.69, 9.17) is 36.3 Å². The summed E-state index contributed by atoms with van der Waals surface area (Å²) in [6, 6.07) is 7.10. The molecule has 1 aromatic carbocycles. The van der Waals surface area contributed by atoms with Gasteiger partial charge in [-0.3, -0.25) is 4.79 Å². The highest BCUT2D eigenvalue weighted by molar-refractivity contribution is 7.80. The van der Waals surface area contributed by atoms with Crippen molar-refractivity contribution in [3.8, 4) is 0 Å². The molecule has 0 saturated heterocycles. The first-order valence-electron chi connectivity index (χ1n) is 9.78. The Kier molecular flexibility index (Phi) is 14.9. The maximum Gasteiger partial charge on any atom is 0.307 e.